The molecule has 2 rings (SSSR count). The average molecular weight is 334 g/mol. The molecule has 1 N–H and O–H groups in total. The Balaban J connectivity index is 1.88. The molecule has 0 aliphatic rings. The molecule has 0 atom stereocenters. The van der Waals surface area contributed by atoms with Crippen LogP contribution in [0.4, 0.5) is 5.69 Å². The second-order valence-electron chi connectivity index (χ2n) is 5.09. The number of aryl methyl sites for hydroxylation is 1. The van der Waals surface area contributed by atoms with E-state index in [2.05, 4.69) is 5.32 Å². The topological polar surface area (TPSA) is 47.6 Å². The molecule has 0 fully saturated rings. The van der Waals surface area contributed by atoms with E-state index in [4.69, 9.17) is 21.1 Å². The molecule has 0 radical (unpaired) electrons. The summed E-state index contributed by atoms with van der Waals surface area (Å²) in [6, 6.07) is 13.0. The smallest absolute Gasteiger partial charge is 0.224 e. The number of methoxy groups -OCH3 is 2. The van der Waals surface area contributed by atoms with Crippen LogP contribution in [-0.2, 0) is 11.2 Å². The van der Waals surface area contributed by atoms with E-state index in [9.17, 15) is 4.79 Å². The molecule has 5 heteroatoms. The molecule has 0 unspecified atom stereocenters. The number of rotatable bonds is 7. The quantitative estimate of drug-likeness (QED) is 0.821. The van der Waals surface area contributed by atoms with Crippen molar-refractivity contribution in [2.45, 2.75) is 19.3 Å². The van der Waals surface area contributed by atoms with Crippen molar-refractivity contribution in [3.63, 3.8) is 0 Å². The molecular weight excluding hydrogens is 314 g/mol. The maximum atomic E-state index is 12.1. The maximum absolute atomic E-state index is 12.1. The zero-order valence-corrected chi connectivity index (χ0v) is 14.0. The van der Waals surface area contributed by atoms with Gasteiger partial charge in [0.15, 0.2) is 0 Å². The molecule has 23 heavy (non-hydrogen) atoms. The van der Waals surface area contributed by atoms with Crippen molar-refractivity contribution < 1.29 is 14.3 Å². The summed E-state index contributed by atoms with van der Waals surface area (Å²) in [5.74, 6) is 1.23. The Labute approximate surface area is 141 Å². The minimum atomic E-state index is -0.0504. The molecule has 0 saturated heterocycles. The lowest BCUT2D eigenvalue weighted by Crippen LogP contribution is -2.12. The van der Waals surface area contributed by atoms with Crippen LogP contribution >= 0.6 is 11.6 Å². The van der Waals surface area contributed by atoms with Gasteiger partial charge in [0.2, 0.25) is 5.91 Å². The Kier molecular flexibility index (Phi) is 6.29. The maximum Gasteiger partial charge on any atom is 0.224 e. The zero-order valence-electron chi connectivity index (χ0n) is 13.3. The Morgan fingerprint density at radius 2 is 1.83 bits per heavy atom. The number of ether oxygens (including phenoxy) is 2. The van der Waals surface area contributed by atoms with Gasteiger partial charge in [0, 0.05) is 17.5 Å². The molecule has 0 saturated carbocycles. The molecule has 2 aromatic carbocycles. The van der Waals surface area contributed by atoms with Gasteiger partial charge in [0.25, 0.3) is 0 Å². The van der Waals surface area contributed by atoms with E-state index in [0.717, 1.165) is 17.9 Å². The van der Waals surface area contributed by atoms with Gasteiger partial charge in [-0.2, -0.15) is 0 Å². The van der Waals surface area contributed by atoms with E-state index in [0.29, 0.717) is 23.6 Å². The van der Waals surface area contributed by atoms with Crippen LogP contribution in [0.3, 0.4) is 0 Å². The van der Waals surface area contributed by atoms with Crippen molar-refractivity contribution >= 4 is 23.2 Å². The molecule has 4 nitrogen and oxygen atoms in total. The Hall–Kier alpha value is -2.20. The van der Waals surface area contributed by atoms with Crippen molar-refractivity contribution in [3.8, 4) is 11.5 Å². The van der Waals surface area contributed by atoms with Crippen LogP contribution in [0.25, 0.3) is 0 Å². The summed E-state index contributed by atoms with van der Waals surface area (Å²) >= 11 is 5.85. The predicted octanol–water partition coefficient (Wildman–Crippen LogP) is 4.32. The van der Waals surface area contributed by atoms with E-state index in [-0.39, 0.29) is 5.91 Å². The molecule has 122 valence electrons. The molecule has 0 heterocycles. The first-order chi connectivity index (χ1) is 11.1. The van der Waals surface area contributed by atoms with Crippen molar-refractivity contribution in [3.05, 3.63) is 53.1 Å². The Bertz CT molecular complexity index is 656. The summed E-state index contributed by atoms with van der Waals surface area (Å²) in [4.78, 5) is 12.1. The van der Waals surface area contributed by atoms with Crippen LogP contribution in [0.2, 0.25) is 5.02 Å². The van der Waals surface area contributed by atoms with Crippen LogP contribution < -0.4 is 14.8 Å². The summed E-state index contributed by atoms with van der Waals surface area (Å²) in [6.07, 6.45) is 2.03. The highest BCUT2D eigenvalue weighted by atomic mass is 35.5. The third-order valence-corrected chi connectivity index (χ3v) is 3.72. The van der Waals surface area contributed by atoms with Crippen LogP contribution in [0.15, 0.2) is 42.5 Å². The van der Waals surface area contributed by atoms with Gasteiger partial charge in [0.1, 0.15) is 11.5 Å². The van der Waals surface area contributed by atoms with Crippen molar-refractivity contribution in [2.75, 3.05) is 19.5 Å². The number of carbonyl (C=O) groups is 1. The number of nitrogens with one attached hydrogen (secondary N) is 1. The minimum absolute atomic E-state index is 0.0504. The lowest BCUT2D eigenvalue weighted by molar-refractivity contribution is -0.116. The summed E-state index contributed by atoms with van der Waals surface area (Å²) < 4.78 is 10.4. The van der Waals surface area contributed by atoms with Gasteiger partial charge in [-0.15, -0.1) is 0 Å². The standard InChI is InChI=1S/C18H20ClNO3/c1-22-15-10-11-17(23-2)16(12-15)20-18(21)5-3-4-13-6-8-14(19)9-7-13/h6-12H,3-5H2,1-2H3,(H,20,21). The predicted molar refractivity (Wildman–Crippen MR) is 92.6 cm³/mol. The number of amides is 1. The van der Waals surface area contributed by atoms with Gasteiger partial charge >= 0.3 is 0 Å². The number of halogens is 1. The molecule has 0 bridgehead atoms. The first kappa shape index (κ1) is 17.2. The first-order valence-electron chi connectivity index (χ1n) is 7.38. The van der Waals surface area contributed by atoms with Gasteiger partial charge in [-0.25, -0.2) is 0 Å². The van der Waals surface area contributed by atoms with Gasteiger partial charge in [-0.05, 0) is 42.7 Å². The highest BCUT2D eigenvalue weighted by Gasteiger charge is 2.09. The minimum Gasteiger partial charge on any atom is -0.497 e. The first-order valence-corrected chi connectivity index (χ1v) is 7.76. The van der Waals surface area contributed by atoms with Crippen LogP contribution in [0.5, 0.6) is 11.5 Å². The van der Waals surface area contributed by atoms with Crippen LogP contribution in [-0.4, -0.2) is 20.1 Å². The number of hydrogen-bond donors (Lipinski definition) is 1. The lowest BCUT2D eigenvalue weighted by Gasteiger charge is -2.11. The van der Waals surface area contributed by atoms with Gasteiger partial charge in [-0.3, -0.25) is 4.79 Å². The number of benzene rings is 2. The Morgan fingerprint density at radius 1 is 1.09 bits per heavy atom. The second-order valence-corrected chi connectivity index (χ2v) is 5.53. The molecular formula is C18H20ClNO3. The van der Waals surface area contributed by atoms with Gasteiger partial charge < -0.3 is 14.8 Å². The van der Waals surface area contributed by atoms with E-state index < -0.39 is 0 Å². The summed E-state index contributed by atoms with van der Waals surface area (Å²) in [7, 11) is 3.15. The van der Waals surface area contributed by atoms with E-state index in [1.807, 2.05) is 24.3 Å². The molecule has 0 aromatic heterocycles. The normalized spacial score (nSPS) is 10.2. The molecule has 2 aromatic rings. The average Bonchev–Trinajstić information content (AvgIpc) is 2.56. The zero-order chi connectivity index (χ0) is 16.7. The molecule has 0 aliphatic carbocycles. The molecule has 0 aliphatic heterocycles. The summed E-state index contributed by atoms with van der Waals surface area (Å²) in [5.41, 5.74) is 1.78. The molecule has 1 amide bonds. The number of anilines is 1. The summed E-state index contributed by atoms with van der Waals surface area (Å²) in [6.45, 7) is 0. The fraction of sp³-hybridized carbons (Fsp3) is 0.278. The van der Waals surface area contributed by atoms with Crippen molar-refractivity contribution in [2.24, 2.45) is 0 Å². The van der Waals surface area contributed by atoms with E-state index >= 15 is 0 Å². The van der Waals surface area contributed by atoms with Crippen LogP contribution in [0, 0.1) is 0 Å². The third-order valence-electron chi connectivity index (χ3n) is 3.46. The van der Waals surface area contributed by atoms with Gasteiger partial charge in [-0.1, -0.05) is 23.7 Å². The SMILES string of the molecule is COc1ccc(OC)c(NC(=O)CCCc2ccc(Cl)cc2)c1. The summed E-state index contributed by atoms with van der Waals surface area (Å²) in [5, 5.41) is 3.59. The number of hydrogen-bond acceptors (Lipinski definition) is 3. The highest BCUT2D eigenvalue weighted by Crippen LogP contribution is 2.29. The fourth-order valence-corrected chi connectivity index (χ4v) is 2.35. The van der Waals surface area contributed by atoms with Crippen molar-refractivity contribution in [1.29, 1.82) is 0 Å². The largest absolute Gasteiger partial charge is 0.497 e. The molecule has 0 spiro atoms. The van der Waals surface area contributed by atoms with Crippen LogP contribution in [0.1, 0.15) is 18.4 Å². The Morgan fingerprint density at radius 3 is 2.48 bits per heavy atom. The van der Waals surface area contributed by atoms with Gasteiger partial charge in [0.05, 0.1) is 19.9 Å². The lowest BCUT2D eigenvalue weighted by atomic mass is 10.1. The number of carbonyl (C=O) groups excluding carboxylic acids is 1. The van der Waals surface area contributed by atoms with Crippen molar-refractivity contribution in [1.82, 2.24) is 0 Å². The third kappa shape index (κ3) is 5.18. The monoisotopic (exact) mass is 333 g/mol. The van der Waals surface area contributed by atoms with E-state index in [1.54, 1.807) is 32.4 Å². The second kappa shape index (κ2) is 8.44. The highest BCUT2D eigenvalue weighted by molar-refractivity contribution is 6.30. The van der Waals surface area contributed by atoms with E-state index in [1.165, 1.54) is 5.56 Å². The fourth-order valence-electron chi connectivity index (χ4n) is 2.23.